The second kappa shape index (κ2) is 14.0. The number of anilines is 2. The van der Waals surface area contributed by atoms with E-state index in [1.807, 2.05) is 30.3 Å². The third-order valence-electron chi connectivity index (χ3n) is 6.22. The minimum absolute atomic E-state index is 0.113. The molecule has 0 aromatic heterocycles. The normalized spacial score (nSPS) is 17.4. The van der Waals surface area contributed by atoms with E-state index in [-0.39, 0.29) is 18.8 Å². The number of benzene rings is 2. The molecule has 0 amide bonds. The average molecular weight is 493 g/mol. The minimum atomic E-state index is -0.524. The standard InChI is InChI=1S/C29H36N2O5/c1-2-4-21-5-7-23(8-6-21)20-36-27-12-9-22(10-13-27)11-14-28(32)34-15-3-16-35-29(33)24-17-25(30)19-26(31)18-24/h2,9-14,17-19,21,23H,1,3-8,15-16,20,30-31H2/b14-11+. The van der Waals surface area contributed by atoms with E-state index in [2.05, 4.69) is 6.58 Å². The summed E-state index contributed by atoms with van der Waals surface area (Å²) in [6.07, 6.45) is 11.5. The predicted molar refractivity (Wildman–Crippen MR) is 142 cm³/mol. The number of rotatable bonds is 12. The second-order valence-electron chi connectivity index (χ2n) is 9.17. The van der Waals surface area contributed by atoms with Crippen LogP contribution in [-0.4, -0.2) is 31.8 Å². The zero-order valence-electron chi connectivity index (χ0n) is 20.7. The van der Waals surface area contributed by atoms with Gasteiger partial charge in [0.15, 0.2) is 0 Å². The molecule has 0 spiro atoms. The summed E-state index contributed by atoms with van der Waals surface area (Å²) in [5.74, 6) is 1.24. The molecular weight excluding hydrogens is 456 g/mol. The van der Waals surface area contributed by atoms with E-state index in [1.54, 1.807) is 12.1 Å². The van der Waals surface area contributed by atoms with Crippen LogP contribution in [0, 0.1) is 11.8 Å². The smallest absolute Gasteiger partial charge is 0.338 e. The number of esters is 2. The van der Waals surface area contributed by atoms with Crippen LogP contribution in [0.4, 0.5) is 11.4 Å². The van der Waals surface area contributed by atoms with E-state index in [0.29, 0.717) is 23.7 Å². The third-order valence-corrected chi connectivity index (χ3v) is 6.22. The Balaban J connectivity index is 1.30. The Morgan fingerprint density at radius 1 is 0.917 bits per heavy atom. The topological polar surface area (TPSA) is 114 Å². The predicted octanol–water partition coefficient (Wildman–Crippen LogP) is 5.42. The van der Waals surface area contributed by atoms with Gasteiger partial charge in [0, 0.05) is 23.9 Å². The van der Waals surface area contributed by atoms with Crippen LogP contribution in [-0.2, 0) is 14.3 Å². The van der Waals surface area contributed by atoms with Crippen molar-refractivity contribution in [1.82, 2.24) is 0 Å². The van der Waals surface area contributed by atoms with Gasteiger partial charge in [-0.3, -0.25) is 0 Å². The molecule has 0 saturated heterocycles. The monoisotopic (exact) mass is 492 g/mol. The molecule has 1 saturated carbocycles. The molecule has 1 fully saturated rings. The fourth-order valence-electron chi connectivity index (χ4n) is 4.25. The molecule has 2 aromatic rings. The summed E-state index contributed by atoms with van der Waals surface area (Å²) in [7, 11) is 0. The van der Waals surface area contributed by atoms with E-state index in [0.717, 1.165) is 30.3 Å². The second-order valence-corrected chi connectivity index (χ2v) is 9.17. The van der Waals surface area contributed by atoms with Gasteiger partial charge in [0.05, 0.1) is 25.4 Å². The molecule has 0 unspecified atom stereocenters. The van der Waals surface area contributed by atoms with Crippen LogP contribution in [0.5, 0.6) is 5.75 Å². The lowest BCUT2D eigenvalue weighted by atomic mass is 9.81. The van der Waals surface area contributed by atoms with Gasteiger partial charge in [-0.25, -0.2) is 9.59 Å². The van der Waals surface area contributed by atoms with Crippen LogP contribution in [0.25, 0.3) is 6.08 Å². The number of carbonyl (C=O) groups excluding carboxylic acids is 2. The lowest BCUT2D eigenvalue weighted by Crippen LogP contribution is -2.19. The quantitative estimate of drug-likeness (QED) is 0.134. The maximum atomic E-state index is 12.0. The summed E-state index contributed by atoms with van der Waals surface area (Å²) in [5, 5.41) is 0. The van der Waals surface area contributed by atoms with Crippen molar-refractivity contribution >= 4 is 29.4 Å². The maximum Gasteiger partial charge on any atom is 0.338 e. The largest absolute Gasteiger partial charge is 0.493 e. The number of ether oxygens (including phenoxy) is 3. The molecule has 0 radical (unpaired) electrons. The van der Waals surface area contributed by atoms with Crippen LogP contribution in [0.3, 0.4) is 0 Å². The summed E-state index contributed by atoms with van der Waals surface area (Å²) >= 11 is 0. The Labute approximate surface area is 213 Å². The highest BCUT2D eigenvalue weighted by Crippen LogP contribution is 2.31. The van der Waals surface area contributed by atoms with Gasteiger partial charge in [0.1, 0.15) is 5.75 Å². The van der Waals surface area contributed by atoms with Gasteiger partial charge in [0.2, 0.25) is 0 Å². The average Bonchev–Trinajstić information content (AvgIpc) is 2.87. The minimum Gasteiger partial charge on any atom is -0.493 e. The molecule has 36 heavy (non-hydrogen) atoms. The van der Waals surface area contributed by atoms with Gasteiger partial charge in [-0.15, -0.1) is 6.58 Å². The Bertz CT molecular complexity index is 1020. The van der Waals surface area contributed by atoms with Crippen LogP contribution in [0.1, 0.15) is 54.4 Å². The summed E-state index contributed by atoms with van der Waals surface area (Å²) in [6.45, 7) is 4.83. The molecule has 192 valence electrons. The maximum absolute atomic E-state index is 12.0. The summed E-state index contributed by atoms with van der Waals surface area (Å²) in [5.41, 5.74) is 13.3. The first kappa shape index (κ1) is 26.9. The van der Waals surface area contributed by atoms with Crippen molar-refractivity contribution < 1.29 is 23.8 Å². The van der Waals surface area contributed by atoms with Crippen molar-refractivity contribution in [3.63, 3.8) is 0 Å². The summed E-state index contributed by atoms with van der Waals surface area (Å²) < 4.78 is 16.3. The molecule has 0 aliphatic heterocycles. The fraction of sp³-hybridized carbons (Fsp3) is 0.379. The van der Waals surface area contributed by atoms with Crippen molar-refractivity contribution in [3.8, 4) is 5.75 Å². The van der Waals surface area contributed by atoms with Gasteiger partial charge in [0.25, 0.3) is 0 Å². The molecule has 1 aliphatic carbocycles. The SMILES string of the molecule is C=CCC1CCC(COc2ccc(/C=C/C(=O)OCCCOC(=O)c3cc(N)cc(N)c3)cc2)CC1. The number of allylic oxidation sites excluding steroid dienone is 1. The van der Waals surface area contributed by atoms with E-state index in [9.17, 15) is 9.59 Å². The molecule has 7 heteroatoms. The zero-order valence-corrected chi connectivity index (χ0v) is 20.7. The van der Waals surface area contributed by atoms with Crippen molar-refractivity contribution in [2.75, 3.05) is 31.3 Å². The summed E-state index contributed by atoms with van der Waals surface area (Å²) in [4.78, 5) is 24.0. The highest BCUT2D eigenvalue weighted by molar-refractivity contribution is 5.91. The highest BCUT2D eigenvalue weighted by atomic mass is 16.5. The lowest BCUT2D eigenvalue weighted by molar-refractivity contribution is -0.137. The first-order chi connectivity index (χ1) is 17.4. The molecule has 0 atom stereocenters. The molecule has 0 bridgehead atoms. The van der Waals surface area contributed by atoms with E-state index >= 15 is 0 Å². The van der Waals surface area contributed by atoms with Crippen molar-refractivity contribution in [3.05, 3.63) is 72.3 Å². The van der Waals surface area contributed by atoms with Crippen LogP contribution in [0.15, 0.2) is 61.2 Å². The van der Waals surface area contributed by atoms with Crippen molar-refractivity contribution in [2.24, 2.45) is 11.8 Å². The first-order valence-corrected chi connectivity index (χ1v) is 12.4. The van der Waals surface area contributed by atoms with Gasteiger partial charge < -0.3 is 25.7 Å². The van der Waals surface area contributed by atoms with Gasteiger partial charge in [-0.2, -0.15) is 0 Å². The molecule has 7 nitrogen and oxygen atoms in total. The fourth-order valence-corrected chi connectivity index (χ4v) is 4.25. The van der Waals surface area contributed by atoms with E-state index in [4.69, 9.17) is 25.7 Å². The molecule has 2 aromatic carbocycles. The number of nitrogens with two attached hydrogens (primary N) is 2. The highest BCUT2D eigenvalue weighted by Gasteiger charge is 2.20. The number of hydrogen-bond donors (Lipinski definition) is 2. The zero-order chi connectivity index (χ0) is 25.8. The summed E-state index contributed by atoms with van der Waals surface area (Å²) in [6, 6.07) is 12.2. The van der Waals surface area contributed by atoms with Gasteiger partial charge >= 0.3 is 11.9 Å². The molecule has 3 rings (SSSR count). The third kappa shape index (κ3) is 9.13. The van der Waals surface area contributed by atoms with Crippen molar-refractivity contribution in [2.45, 2.75) is 38.5 Å². The molecule has 4 N–H and O–H groups in total. The Morgan fingerprint density at radius 3 is 2.22 bits per heavy atom. The Kier molecular flexibility index (Phi) is 10.4. The molecular formula is C29H36N2O5. The first-order valence-electron chi connectivity index (χ1n) is 12.4. The van der Waals surface area contributed by atoms with Gasteiger partial charge in [-0.05, 0) is 85.9 Å². The van der Waals surface area contributed by atoms with E-state index < -0.39 is 11.9 Å². The van der Waals surface area contributed by atoms with Crippen LogP contribution < -0.4 is 16.2 Å². The Hall–Kier alpha value is -3.74. The lowest BCUT2D eigenvalue weighted by Gasteiger charge is -2.27. The molecule has 1 aliphatic rings. The van der Waals surface area contributed by atoms with Gasteiger partial charge in [-0.1, -0.05) is 18.2 Å². The molecule has 0 heterocycles. The number of hydrogen-bond acceptors (Lipinski definition) is 7. The van der Waals surface area contributed by atoms with Crippen LogP contribution in [0.2, 0.25) is 0 Å². The number of carbonyl (C=O) groups is 2. The number of nitrogen functional groups attached to an aromatic ring is 2. The van der Waals surface area contributed by atoms with Crippen molar-refractivity contribution in [1.29, 1.82) is 0 Å². The van der Waals surface area contributed by atoms with E-state index in [1.165, 1.54) is 43.9 Å². The van der Waals surface area contributed by atoms with Crippen LogP contribution >= 0.6 is 0 Å². The Morgan fingerprint density at radius 2 is 1.56 bits per heavy atom.